The molecule has 7 nitrogen and oxygen atoms in total. The van der Waals surface area contributed by atoms with Gasteiger partial charge in [-0.3, -0.25) is 9.69 Å². The fourth-order valence-corrected chi connectivity index (χ4v) is 2.21. The Hall–Kier alpha value is -2.38. The first kappa shape index (κ1) is 18.0. The minimum Gasteiger partial charge on any atom is -0.493 e. The zero-order valence-electron chi connectivity index (χ0n) is 13.9. The number of rotatable bonds is 8. The van der Waals surface area contributed by atoms with Gasteiger partial charge in [0.15, 0.2) is 11.5 Å². The van der Waals surface area contributed by atoms with Gasteiger partial charge in [0.05, 0.1) is 33.1 Å². The number of benzene rings is 1. The number of ether oxygens (including phenoxy) is 3. The minimum absolute atomic E-state index is 0.147. The third-order valence-electron chi connectivity index (χ3n) is 3.42. The second-order valence-electron chi connectivity index (χ2n) is 5.19. The zero-order valence-corrected chi connectivity index (χ0v) is 13.9. The Morgan fingerprint density at radius 1 is 1.42 bits per heavy atom. The number of carbonyl (C=O) groups is 1. The standard InChI is InChI=1S/C17H23N3O4/c1-3-8-24-15-5-4-14(11-16(15)22-2)12-18-19-17(21)13-20-6-9-23-10-7-20/h3-5,11-12H,1,6-10,13H2,2H3,(H,19,21). The second-order valence-corrected chi connectivity index (χ2v) is 5.19. The van der Waals surface area contributed by atoms with E-state index in [9.17, 15) is 4.79 Å². The molecule has 24 heavy (non-hydrogen) atoms. The lowest BCUT2D eigenvalue weighted by Gasteiger charge is -2.25. The Balaban J connectivity index is 1.86. The third kappa shape index (κ3) is 5.68. The van der Waals surface area contributed by atoms with Crippen molar-refractivity contribution in [3.05, 3.63) is 36.4 Å². The SMILES string of the molecule is C=CCOc1ccc(C=NNC(=O)CN2CCOCC2)cc1OC. The van der Waals surface area contributed by atoms with E-state index in [0.717, 1.165) is 18.7 Å². The van der Waals surface area contributed by atoms with E-state index in [4.69, 9.17) is 14.2 Å². The first-order chi connectivity index (χ1) is 11.7. The van der Waals surface area contributed by atoms with Gasteiger partial charge < -0.3 is 14.2 Å². The van der Waals surface area contributed by atoms with E-state index in [-0.39, 0.29) is 5.91 Å². The maximum atomic E-state index is 11.8. The van der Waals surface area contributed by atoms with Gasteiger partial charge in [-0.05, 0) is 23.8 Å². The van der Waals surface area contributed by atoms with Crippen LogP contribution in [-0.4, -0.2) is 63.6 Å². The van der Waals surface area contributed by atoms with Crippen molar-refractivity contribution in [1.82, 2.24) is 10.3 Å². The highest BCUT2D eigenvalue weighted by Gasteiger charge is 2.13. The van der Waals surface area contributed by atoms with Gasteiger partial charge in [-0.25, -0.2) is 5.43 Å². The molecule has 7 heteroatoms. The number of methoxy groups -OCH3 is 1. The molecule has 0 radical (unpaired) electrons. The van der Waals surface area contributed by atoms with Crippen LogP contribution in [0.15, 0.2) is 36.0 Å². The number of nitrogens with one attached hydrogen (secondary N) is 1. The summed E-state index contributed by atoms with van der Waals surface area (Å²) >= 11 is 0. The molecule has 1 heterocycles. The fourth-order valence-electron chi connectivity index (χ4n) is 2.21. The van der Waals surface area contributed by atoms with Crippen LogP contribution in [-0.2, 0) is 9.53 Å². The molecule has 1 aliphatic heterocycles. The van der Waals surface area contributed by atoms with Crippen LogP contribution in [0.5, 0.6) is 11.5 Å². The molecule has 2 rings (SSSR count). The summed E-state index contributed by atoms with van der Waals surface area (Å²) in [4.78, 5) is 13.9. The summed E-state index contributed by atoms with van der Waals surface area (Å²) in [6, 6.07) is 5.41. The number of nitrogens with zero attached hydrogens (tertiary/aromatic N) is 2. The second kappa shape index (κ2) is 9.69. The van der Waals surface area contributed by atoms with Gasteiger partial charge in [-0.15, -0.1) is 0 Å². The first-order valence-electron chi connectivity index (χ1n) is 7.76. The molecule has 1 N–H and O–H groups in total. The maximum absolute atomic E-state index is 11.8. The lowest BCUT2D eigenvalue weighted by Crippen LogP contribution is -2.42. The van der Waals surface area contributed by atoms with E-state index >= 15 is 0 Å². The highest BCUT2D eigenvalue weighted by atomic mass is 16.5. The molecular formula is C17H23N3O4. The van der Waals surface area contributed by atoms with E-state index in [1.54, 1.807) is 31.5 Å². The molecule has 0 atom stereocenters. The number of morpholine rings is 1. The predicted molar refractivity (Wildman–Crippen MR) is 91.7 cm³/mol. The lowest BCUT2D eigenvalue weighted by molar-refractivity contribution is -0.123. The normalized spacial score (nSPS) is 15.2. The van der Waals surface area contributed by atoms with Crippen LogP contribution < -0.4 is 14.9 Å². The lowest BCUT2D eigenvalue weighted by atomic mass is 10.2. The van der Waals surface area contributed by atoms with Crippen molar-refractivity contribution in [2.45, 2.75) is 0 Å². The molecule has 1 amide bonds. The predicted octanol–water partition coefficient (Wildman–Crippen LogP) is 1.04. The highest BCUT2D eigenvalue weighted by molar-refractivity contribution is 5.83. The summed E-state index contributed by atoms with van der Waals surface area (Å²) in [5.41, 5.74) is 3.32. The van der Waals surface area contributed by atoms with Crippen molar-refractivity contribution < 1.29 is 19.0 Å². The molecule has 0 saturated carbocycles. The summed E-state index contributed by atoms with van der Waals surface area (Å²) < 4.78 is 16.0. The van der Waals surface area contributed by atoms with Crippen LogP contribution in [0.25, 0.3) is 0 Å². The Bertz CT molecular complexity index is 583. The van der Waals surface area contributed by atoms with Crippen LogP contribution >= 0.6 is 0 Å². The molecule has 0 unspecified atom stereocenters. The van der Waals surface area contributed by atoms with Gasteiger partial charge in [-0.2, -0.15) is 5.10 Å². The monoisotopic (exact) mass is 333 g/mol. The van der Waals surface area contributed by atoms with E-state index in [0.29, 0.717) is 37.9 Å². The zero-order chi connectivity index (χ0) is 17.2. The van der Waals surface area contributed by atoms with Crippen LogP contribution in [0.3, 0.4) is 0 Å². The van der Waals surface area contributed by atoms with Crippen LogP contribution in [0.2, 0.25) is 0 Å². The third-order valence-corrected chi connectivity index (χ3v) is 3.42. The number of hydrogen-bond acceptors (Lipinski definition) is 6. The molecule has 130 valence electrons. The van der Waals surface area contributed by atoms with E-state index in [1.165, 1.54) is 0 Å². The van der Waals surface area contributed by atoms with Gasteiger partial charge in [0.25, 0.3) is 5.91 Å². The highest BCUT2D eigenvalue weighted by Crippen LogP contribution is 2.27. The molecule has 1 fully saturated rings. The van der Waals surface area contributed by atoms with Crippen LogP contribution in [0.4, 0.5) is 0 Å². The smallest absolute Gasteiger partial charge is 0.254 e. The minimum atomic E-state index is -0.147. The van der Waals surface area contributed by atoms with Gasteiger partial charge in [0.2, 0.25) is 0 Å². The molecular weight excluding hydrogens is 310 g/mol. The Morgan fingerprint density at radius 2 is 2.21 bits per heavy atom. The van der Waals surface area contributed by atoms with Crippen molar-refractivity contribution >= 4 is 12.1 Å². The Labute approximate surface area is 141 Å². The molecule has 0 aliphatic carbocycles. The number of carbonyl (C=O) groups excluding carboxylic acids is 1. The Kier molecular flexibility index (Phi) is 7.25. The molecule has 0 aromatic heterocycles. The van der Waals surface area contributed by atoms with Crippen LogP contribution in [0, 0.1) is 0 Å². The maximum Gasteiger partial charge on any atom is 0.254 e. The van der Waals surface area contributed by atoms with Gasteiger partial charge in [0, 0.05) is 13.1 Å². The Morgan fingerprint density at radius 3 is 2.92 bits per heavy atom. The van der Waals surface area contributed by atoms with Crippen LogP contribution in [0.1, 0.15) is 5.56 Å². The number of hydrogen-bond donors (Lipinski definition) is 1. The largest absolute Gasteiger partial charge is 0.493 e. The van der Waals surface area contributed by atoms with Crippen molar-refractivity contribution in [2.24, 2.45) is 5.10 Å². The molecule has 1 aromatic carbocycles. The number of amides is 1. The van der Waals surface area contributed by atoms with Gasteiger partial charge in [0.1, 0.15) is 6.61 Å². The topological polar surface area (TPSA) is 72.4 Å². The molecule has 0 spiro atoms. The molecule has 1 aromatic rings. The first-order valence-corrected chi connectivity index (χ1v) is 7.76. The molecule has 1 aliphatic rings. The van der Waals surface area contributed by atoms with Crippen molar-refractivity contribution in [1.29, 1.82) is 0 Å². The quantitative estimate of drug-likeness (QED) is 0.437. The summed E-state index contributed by atoms with van der Waals surface area (Å²) in [5.74, 6) is 1.08. The average molecular weight is 333 g/mol. The molecule has 1 saturated heterocycles. The van der Waals surface area contributed by atoms with E-state index in [1.807, 2.05) is 11.0 Å². The van der Waals surface area contributed by atoms with Crippen molar-refractivity contribution in [2.75, 3.05) is 46.6 Å². The summed E-state index contributed by atoms with van der Waals surface area (Å²) in [5, 5.41) is 3.98. The van der Waals surface area contributed by atoms with Gasteiger partial charge >= 0.3 is 0 Å². The van der Waals surface area contributed by atoms with E-state index in [2.05, 4.69) is 17.1 Å². The average Bonchev–Trinajstić information content (AvgIpc) is 2.61. The fraction of sp³-hybridized carbons (Fsp3) is 0.412. The summed E-state index contributed by atoms with van der Waals surface area (Å²) in [6.07, 6.45) is 3.23. The van der Waals surface area contributed by atoms with E-state index < -0.39 is 0 Å². The van der Waals surface area contributed by atoms with Gasteiger partial charge in [-0.1, -0.05) is 12.7 Å². The summed E-state index contributed by atoms with van der Waals surface area (Å²) in [6.45, 7) is 7.19. The number of hydrazone groups is 1. The molecule has 0 bridgehead atoms. The van der Waals surface area contributed by atoms with Crippen molar-refractivity contribution in [3.63, 3.8) is 0 Å². The van der Waals surface area contributed by atoms with Crippen molar-refractivity contribution in [3.8, 4) is 11.5 Å². The summed E-state index contributed by atoms with van der Waals surface area (Å²) in [7, 11) is 1.57.